The summed E-state index contributed by atoms with van der Waals surface area (Å²) in [7, 11) is 0. The van der Waals surface area contributed by atoms with E-state index in [1.807, 2.05) is 30.3 Å². The molecule has 0 aromatic heterocycles. The van der Waals surface area contributed by atoms with Gasteiger partial charge < -0.3 is 0 Å². The predicted octanol–water partition coefficient (Wildman–Crippen LogP) is 3.92. The lowest BCUT2D eigenvalue weighted by atomic mass is 10.1. The van der Waals surface area contributed by atoms with Gasteiger partial charge in [0.1, 0.15) is 0 Å². The zero-order chi connectivity index (χ0) is 11.5. The second kappa shape index (κ2) is 4.33. The number of hydrogen-bond donors (Lipinski definition) is 0. The van der Waals surface area contributed by atoms with Gasteiger partial charge >= 0.3 is 0 Å². The maximum atomic E-state index is 10.7. The van der Waals surface area contributed by atoms with Crippen LogP contribution >= 0.6 is 11.6 Å². The van der Waals surface area contributed by atoms with Gasteiger partial charge in [-0.3, -0.25) is 10.1 Å². The molecule has 2 aromatic carbocycles. The molecule has 0 heterocycles. The number of rotatable bonds is 2. The molecule has 0 N–H and O–H groups in total. The highest BCUT2D eigenvalue weighted by Crippen LogP contribution is 2.30. The number of nitrogens with zero attached hydrogens (tertiary/aromatic N) is 1. The van der Waals surface area contributed by atoms with E-state index in [0.29, 0.717) is 10.6 Å². The Morgan fingerprint density at radius 1 is 1.06 bits per heavy atom. The lowest BCUT2D eigenvalue weighted by Gasteiger charge is -2.03. The van der Waals surface area contributed by atoms with Crippen LogP contribution in [-0.2, 0) is 0 Å². The number of halogens is 1. The van der Waals surface area contributed by atoms with Crippen molar-refractivity contribution in [3.05, 3.63) is 63.7 Å². The molecule has 0 atom stereocenters. The van der Waals surface area contributed by atoms with Gasteiger partial charge in [-0.15, -0.1) is 0 Å². The number of benzene rings is 2. The Morgan fingerprint density at radius 2 is 1.75 bits per heavy atom. The zero-order valence-corrected chi connectivity index (χ0v) is 9.02. The fraction of sp³-hybridized carbons (Fsp3) is 0. The van der Waals surface area contributed by atoms with Crippen LogP contribution in [0.25, 0.3) is 11.1 Å². The molecule has 0 saturated carbocycles. The number of non-ortho nitro benzene ring substituents is 1. The molecule has 0 fully saturated rings. The Morgan fingerprint density at radius 3 is 2.38 bits per heavy atom. The highest BCUT2D eigenvalue weighted by Gasteiger charge is 2.10. The molecule has 4 heteroatoms. The number of nitro groups is 1. The fourth-order valence-electron chi connectivity index (χ4n) is 1.47. The van der Waals surface area contributed by atoms with Crippen LogP contribution in [0.1, 0.15) is 0 Å². The molecule has 0 amide bonds. The van der Waals surface area contributed by atoms with Crippen molar-refractivity contribution in [2.45, 2.75) is 0 Å². The summed E-state index contributed by atoms with van der Waals surface area (Å²) < 4.78 is 0. The Labute approximate surface area is 97.4 Å². The van der Waals surface area contributed by atoms with Gasteiger partial charge in [0, 0.05) is 22.7 Å². The minimum Gasteiger partial charge on any atom is -0.258 e. The highest BCUT2D eigenvalue weighted by atomic mass is 35.5. The molecular weight excluding hydrogens is 226 g/mol. The highest BCUT2D eigenvalue weighted by molar-refractivity contribution is 6.33. The molecule has 0 saturated heterocycles. The van der Waals surface area contributed by atoms with E-state index in [1.165, 1.54) is 12.1 Å². The van der Waals surface area contributed by atoms with Gasteiger partial charge in [0.2, 0.25) is 0 Å². The first-order valence-corrected chi connectivity index (χ1v) is 5.05. The van der Waals surface area contributed by atoms with Crippen LogP contribution in [0, 0.1) is 10.1 Å². The van der Waals surface area contributed by atoms with Crippen LogP contribution in [0.4, 0.5) is 5.69 Å². The summed E-state index contributed by atoms with van der Waals surface area (Å²) in [6, 6.07) is 13.8. The van der Waals surface area contributed by atoms with Crippen LogP contribution in [0.5, 0.6) is 0 Å². The summed E-state index contributed by atoms with van der Waals surface area (Å²) in [6.45, 7) is 0. The first-order chi connectivity index (χ1) is 7.68. The average molecular weight is 234 g/mol. The van der Waals surface area contributed by atoms with Crippen LogP contribution in [-0.4, -0.2) is 4.92 Å². The second-order valence-electron chi connectivity index (χ2n) is 3.29. The van der Waals surface area contributed by atoms with E-state index >= 15 is 0 Å². The largest absolute Gasteiger partial charge is 0.270 e. The molecule has 0 bridgehead atoms. The molecule has 0 spiro atoms. The Hall–Kier alpha value is -1.87. The summed E-state index contributed by atoms with van der Waals surface area (Å²) in [4.78, 5) is 10.2. The molecule has 0 unspecified atom stereocenters. The van der Waals surface area contributed by atoms with Crippen LogP contribution in [0.3, 0.4) is 0 Å². The standard InChI is InChI=1S/C12H8ClNO2/c13-12-7-6-10(14(15)16)8-11(12)9-4-2-1-3-5-9/h1-8H. The molecule has 0 aliphatic heterocycles. The first-order valence-electron chi connectivity index (χ1n) is 4.68. The summed E-state index contributed by atoms with van der Waals surface area (Å²) in [5.74, 6) is 0. The summed E-state index contributed by atoms with van der Waals surface area (Å²) in [5.41, 5.74) is 1.59. The maximum absolute atomic E-state index is 10.7. The van der Waals surface area contributed by atoms with Crippen molar-refractivity contribution in [1.82, 2.24) is 0 Å². The van der Waals surface area contributed by atoms with Gasteiger partial charge in [-0.25, -0.2) is 0 Å². The molecule has 0 radical (unpaired) electrons. The molecule has 3 nitrogen and oxygen atoms in total. The first kappa shape index (κ1) is 10.6. The van der Waals surface area contributed by atoms with Crippen LogP contribution in [0.2, 0.25) is 5.02 Å². The molecule has 16 heavy (non-hydrogen) atoms. The molecule has 0 aliphatic rings. The van der Waals surface area contributed by atoms with Crippen molar-refractivity contribution in [3.63, 3.8) is 0 Å². The molecule has 0 aliphatic carbocycles. The summed E-state index contributed by atoms with van der Waals surface area (Å²) in [6.07, 6.45) is 0. The monoisotopic (exact) mass is 233 g/mol. The van der Waals surface area contributed by atoms with Crippen molar-refractivity contribution < 1.29 is 4.92 Å². The Balaban J connectivity index is 2.56. The quantitative estimate of drug-likeness (QED) is 0.583. The van der Waals surface area contributed by atoms with Gasteiger partial charge in [0.05, 0.1) is 4.92 Å². The summed E-state index contributed by atoms with van der Waals surface area (Å²) in [5, 5.41) is 11.2. The van der Waals surface area contributed by atoms with E-state index in [-0.39, 0.29) is 5.69 Å². The third-order valence-electron chi connectivity index (χ3n) is 2.25. The topological polar surface area (TPSA) is 43.1 Å². The summed E-state index contributed by atoms with van der Waals surface area (Å²) >= 11 is 6.01. The van der Waals surface area contributed by atoms with E-state index in [2.05, 4.69) is 0 Å². The van der Waals surface area contributed by atoms with Crippen molar-refractivity contribution in [3.8, 4) is 11.1 Å². The normalized spacial score (nSPS) is 10.1. The molecular formula is C12H8ClNO2. The fourth-order valence-corrected chi connectivity index (χ4v) is 1.69. The zero-order valence-electron chi connectivity index (χ0n) is 8.26. The number of hydrogen-bond acceptors (Lipinski definition) is 2. The Kier molecular flexibility index (Phi) is 2.88. The Bertz CT molecular complexity index is 526. The van der Waals surface area contributed by atoms with Gasteiger partial charge in [0.15, 0.2) is 0 Å². The molecule has 2 aromatic rings. The minimum atomic E-state index is -0.428. The lowest BCUT2D eigenvalue weighted by molar-refractivity contribution is -0.384. The van der Waals surface area contributed by atoms with E-state index in [4.69, 9.17) is 11.6 Å². The van der Waals surface area contributed by atoms with Crippen LogP contribution in [0.15, 0.2) is 48.5 Å². The van der Waals surface area contributed by atoms with Gasteiger partial charge in [-0.1, -0.05) is 41.9 Å². The van der Waals surface area contributed by atoms with Crippen molar-refractivity contribution in [2.24, 2.45) is 0 Å². The van der Waals surface area contributed by atoms with E-state index in [0.717, 1.165) is 5.56 Å². The average Bonchev–Trinajstić information content (AvgIpc) is 2.30. The third-order valence-corrected chi connectivity index (χ3v) is 2.58. The van der Waals surface area contributed by atoms with Gasteiger partial charge in [0.25, 0.3) is 5.69 Å². The maximum Gasteiger partial charge on any atom is 0.270 e. The second-order valence-corrected chi connectivity index (χ2v) is 3.69. The molecule has 80 valence electrons. The molecule has 2 rings (SSSR count). The van der Waals surface area contributed by atoms with Crippen molar-refractivity contribution >= 4 is 17.3 Å². The number of nitro benzene ring substituents is 1. The van der Waals surface area contributed by atoms with E-state index in [9.17, 15) is 10.1 Å². The van der Waals surface area contributed by atoms with Crippen molar-refractivity contribution in [1.29, 1.82) is 0 Å². The third kappa shape index (κ3) is 2.04. The smallest absolute Gasteiger partial charge is 0.258 e. The lowest BCUT2D eigenvalue weighted by Crippen LogP contribution is -1.88. The van der Waals surface area contributed by atoms with E-state index < -0.39 is 4.92 Å². The predicted molar refractivity (Wildman–Crippen MR) is 63.5 cm³/mol. The minimum absolute atomic E-state index is 0.0447. The van der Waals surface area contributed by atoms with Gasteiger partial charge in [-0.05, 0) is 11.6 Å². The van der Waals surface area contributed by atoms with Crippen molar-refractivity contribution in [2.75, 3.05) is 0 Å². The van der Waals surface area contributed by atoms with E-state index in [1.54, 1.807) is 6.07 Å². The van der Waals surface area contributed by atoms with Crippen LogP contribution < -0.4 is 0 Å². The van der Waals surface area contributed by atoms with Gasteiger partial charge in [-0.2, -0.15) is 0 Å². The SMILES string of the molecule is O=[N+]([O-])c1ccc(Cl)c(-c2ccccc2)c1.